The molecule has 178 valence electrons. The second-order valence-corrected chi connectivity index (χ2v) is 8.30. The highest BCUT2D eigenvalue weighted by Crippen LogP contribution is 2.30. The summed E-state index contributed by atoms with van der Waals surface area (Å²) in [6.45, 7) is 6.21. The van der Waals surface area contributed by atoms with E-state index < -0.39 is 11.7 Å². The van der Waals surface area contributed by atoms with Crippen molar-refractivity contribution in [2.75, 3.05) is 13.1 Å². The maximum Gasteiger partial charge on any atom is 0.412 e. The largest absolute Gasteiger partial charge is 0.456 e. The third kappa shape index (κ3) is 4.80. The molecule has 1 saturated heterocycles. The Kier molecular flexibility index (Phi) is 6.67. The van der Waals surface area contributed by atoms with Gasteiger partial charge in [-0.1, -0.05) is 30.3 Å². The summed E-state index contributed by atoms with van der Waals surface area (Å²) >= 11 is 6.41. The summed E-state index contributed by atoms with van der Waals surface area (Å²) in [5, 5.41) is 3.50. The van der Waals surface area contributed by atoms with Crippen LogP contribution >= 0.6 is 11.6 Å². The number of nitrogens with one attached hydrogen (secondary N) is 1. The van der Waals surface area contributed by atoms with Gasteiger partial charge in [-0.15, -0.1) is 0 Å². The molecule has 0 aliphatic carbocycles. The van der Waals surface area contributed by atoms with E-state index in [1.54, 1.807) is 39.7 Å². The van der Waals surface area contributed by atoms with Crippen LogP contribution < -0.4 is 15.7 Å². The van der Waals surface area contributed by atoms with Gasteiger partial charge in [-0.2, -0.15) is 13.2 Å². The van der Waals surface area contributed by atoms with Crippen molar-refractivity contribution in [1.29, 1.82) is 0 Å². The van der Waals surface area contributed by atoms with Crippen molar-refractivity contribution in [2.24, 2.45) is 0 Å². The standard InChI is InChI=1S/C24H22ClF3N4O2/c1-15(24(26,27)28)4-3-5-16(2)34-22-7-6-17(12-19(22)25)31-21-14-30-11-9-20(21)32(23(31)33)18-8-10-29-13-18/h3-7,9,11-12,14,18,29H,2,8,10,13H2,1H3/b5-3-,15-4+. The Hall–Kier alpha value is -3.30. The van der Waals surface area contributed by atoms with E-state index in [-0.39, 0.29) is 28.3 Å². The van der Waals surface area contributed by atoms with Crippen LogP contribution in [0.25, 0.3) is 16.7 Å². The smallest absolute Gasteiger partial charge is 0.412 e. The minimum atomic E-state index is -4.39. The summed E-state index contributed by atoms with van der Waals surface area (Å²) in [4.78, 5) is 17.6. The number of benzene rings is 1. The van der Waals surface area contributed by atoms with Crippen LogP contribution in [0.2, 0.25) is 5.02 Å². The molecule has 0 spiro atoms. The van der Waals surface area contributed by atoms with E-state index in [0.717, 1.165) is 31.5 Å². The molecule has 1 aliphatic rings. The number of hydrogen-bond donors (Lipinski definition) is 1. The van der Waals surface area contributed by atoms with Crippen LogP contribution in [0.4, 0.5) is 13.2 Å². The number of nitrogens with zero attached hydrogens (tertiary/aromatic N) is 3. The van der Waals surface area contributed by atoms with Gasteiger partial charge in [0.2, 0.25) is 0 Å². The van der Waals surface area contributed by atoms with Crippen LogP contribution in [0, 0.1) is 0 Å². The zero-order valence-corrected chi connectivity index (χ0v) is 19.0. The topological polar surface area (TPSA) is 61.1 Å². The quantitative estimate of drug-likeness (QED) is 0.374. The number of aromatic nitrogens is 3. The second-order valence-electron chi connectivity index (χ2n) is 7.89. The molecule has 1 unspecified atom stereocenters. The van der Waals surface area contributed by atoms with Crippen LogP contribution in [-0.4, -0.2) is 33.4 Å². The molecule has 3 heterocycles. The van der Waals surface area contributed by atoms with Gasteiger partial charge in [0.1, 0.15) is 11.5 Å². The Labute approximate surface area is 198 Å². The molecule has 1 aromatic carbocycles. The molecule has 34 heavy (non-hydrogen) atoms. The number of hydrogen-bond acceptors (Lipinski definition) is 4. The van der Waals surface area contributed by atoms with Gasteiger partial charge in [0.25, 0.3) is 0 Å². The van der Waals surface area contributed by atoms with Crippen LogP contribution in [0.1, 0.15) is 19.4 Å². The Morgan fingerprint density at radius 2 is 2.12 bits per heavy atom. The molecule has 0 saturated carbocycles. The minimum absolute atomic E-state index is 0.0434. The van der Waals surface area contributed by atoms with E-state index in [1.807, 2.05) is 6.07 Å². The number of halogens is 4. The number of fused-ring (bicyclic) bond motifs is 1. The number of rotatable bonds is 6. The summed E-state index contributed by atoms with van der Waals surface area (Å²) in [5.74, 6) is 0.360. The lowest BCUT2D eigenvalue weighted by molar-refractivity contribution is -0.0913. The summed E-state index contributed by atoms with van der Waals surface area (Å²) < 4.78 is 46.6. The van der Waals surface area contributed by atoms with E-state index >= 15 is 0 Å². The maximum atomic E-state index is 13.4. The SMILES string of the molecule is C=C(/C=C\C=C(/C)C(F)(F)F)Oc1ccc(-n2c(=O)n(C3CCNC3)c3ccncc32)cc1Cl. The monoisotopic (exact) mass is 490 g/mol. The predicted octanol–water partition coefficient (Wildman–Crippen LogP) is 5.33. The molecule has 1 fully saturated rings. The number of ether oxygens (including phenoxy) is 1. The van der Waals surface area contributed by atoms with Gasteiger partial charge in [-0.25, -0.2) is 4.79 Å². The Bertz CT molecular complexity index is 1350. The third-order valence-electron chi connectivity index (χ3n) is 5.57. The van der Waals surface area contributed by atoms with Gasteiger partial charge in [-0.3, -0.25) is 14.1 Å². The summed E-state index contributed by atoms with van der Waals surface area (Å²) in [5.41, 5.74) is 1.04. The molecule has 0 radical (unpaired) electrons. The average molecular weight is 491 g/mol. The molecule has 3 aromatic rings. The molecule has 2 aromatic heterocycles. The first-order chi connectivity index (χ1) is 16.2. The van der Waals surface area contributed by atoms with E-state index in [4.69, 9.17) is 16.3 Å². The second kappa shape index (κ2) is 9.52. The lowest BCUT2D eigenvalue weighted by Gasteiger charge is -2.11. The van der Waals surface area contributed by atoms with Gasteiger partial charge < -0.3 is 10.1 Å². The van der Waals surface area contributed by atoms with Gasteiger partial charge in [-0.05, 0) is 50.2 Å². The van der Waals surface area contributed by atoms with E-state index in [9.17, 15) is 18.0 Å². The Morgan fingerprint density at radius 1 is 1.32 bits per heavy atom. The van der Waals surface area contributed by atoms with E-state index in [1.165, 1.54) is 12.2 Å². The van der Waals surface area contributed by atoms with Crippen molar-refractivity contribution in [2.45, 2.75) is 25.6 Å². The van der Waals surface area contributed by atoms with Crippen LogP contribution in [-0.2, 0) is 0 Å². The molecule has 1 aliphatic heterocycles. The fraction of sp³-hybridized carbons (Fsp3) is 0.250. The van der Waals surface area contributed by atoms with Crippen molar-refractivity contribution < 1.29 is 17.9 Å². The number of imidazole rings is 1. The van der Waals surface area contributed by atoms with E-state index in [2.05, 4.69) is 16.9 Å². The molecule has 1 N–H and O–H groups in total. The van der Waals surface area contributed by atoms with Crippen LogP contribution in [0.15, 0.2) is 77.6 Å². The van der Waals surface area contributed by atoms with Crippen molar-refractivity contribution in [1.82, 2.24) is 19.4 Å². The molecule has 10 heteroatoms. The van der Waals surface area contributed by atoms with Crippen molar-refractivity contribution in [3.63, 3.8) is 0 Å². The molecule has 1 atom stereocenters. The highest BCUT2D eigenvalue weighted by atomic mass is 35.5. The molecular formula is C24H22ClF3N4O2. The lowest BCUT2D eigenvalue weighted by atomic mass is 10.2. The number of alkyl halides is 3. The third-order valence-corrected chi connectivity index (χ3v) is 5.86. The van der Waals surface area contributed by atoms with Crippen molar-refractivity contribution >= 4 is 22.6 Å². The molecule has 4 rings (SSSR count). The maximum absolute atomic E-state index is 13.4. The summed E-state index contributed by atoms with van der Waals surface area (Å²) in [6.07, 6.45) is 3.18. The summed E-state index contributed by atoms with van der Waals surface area (Å²) in [6, 6.07) is 6.71. The van der Waals surface area contributed by atoms with E-state index in [0.29, 0.717) is 17.7 Å². The molecule has 6 nitrogen and oxygen atoms in total. The highest BCUT2D eigenvalue weighted by Gasteiger charge is 2.29. The normalized spacial score (nSPS) is 17.1. The fourth-order valence-electron chi connectivity index (χ4n) is 3.81. The van der Waals surface area contributed by atoms with Crippen LogP contribution in [0.3, 0.4) is 0 Å². The first kappa shape index (κ1) is 23.8. The van der Waals surface area contributed by atoms with Crippen molar-refractivity contribution in [3.05, 3.63) is 88.3 Å². The number of allylic oxidation sites excluding steroid dienone is 4. The van der Waals surface area contributed by atoms with Gasteiger partial charge in [0.15, 0.2) is 0 Å². The van der Waals surface area contributed by atoms with Crippen LogP contribution in [0.5, 0.6) is 5.75 Å². The molecule has 0 bridgehead atoms. The average Bonchev–Trinajstić information content (AvgIpc) is 3.39. The number of pyridine rings is 1. The fourth-order valence-corrected chi connectivity index (χ4v) is 4.03. The first-order valence-electron chi connectivity index (χ1n) is 10.5. The highest BCUT2D eigenvalue weighted by molar-refractivity contribution is 6.32. The summed E-state index contributed by atoms with van der Waals surface area (Å²) in [7, 11) is 0. The minimum Gasteiger partial charge on any atom is -0.456 e. The van der Waals surface area contributed by atoms with Gasteiger partial charge >= 0.3 is 11.9 Å². The van der Waals surface area contributed by atoms with Gasteiger partial charge in [0.05, 0.1) is 34.0 Å². The zero-order valence-electron chi connectivity index (χ0n) is 18.3. The molecular weight excluding hydrogens is 469 g/mol. The molecule has 0 amide bonds. The Balaban J connectivity index is 1.61. The predicted molar refractivity (Wildman–Crippen MR) is 126 cm³/mol. The van der Waals surface area contributed by atoms with Crippen molar-refractivity contribution in [3.8, 4) is 11.4 Å². The van der Waals surface area contributed by atoms with Gasteiger partial charge in [0, 0.05) is 18.3 Å². The lowest BCUT2D eigenvalue weighted by Crippen LogP contribution is -2.27. The Morgan fingerprint density at radius 3 is 2.79 bits per heavy atom. The first-order valence-corrected chi connectivity index (χ1v) is 10.9. The zero-order chi connectivity index (χ0) is 24.5.